The molecule has 0 amide bonds. The van der Waals surface area contributed by atoms with E-state index < -0.39 is 0 Å². The van der Waals surface area contributed by atoms with E-state index in [0.29, 0.717) is 0 Å². The van der Waals surface area contributed by atoms with Gasteiger partial charge in [-0.25, -0.2) is 0 Å². The second-order valence-electron chi connectivity index (χ2n) is 2.96. The molecule has 0 aliphatic carbocycles. The minimum atomic E-state index is -0.267. The van der Waals surface area contributed by atoms with Gasteiger partial charge in [-0.3, -0.25) is 4.79 Å². The monoisotopic (exact) mass is 201 g/mol. The van der Waals surface area contributed by atoms with Crippen molar-refractivity contribution in [3.63, 3.8) is 0 Å². The number of nitrogens with zero attached hydrogens (tertiary/aromatic N) is 1. The van der Waals surface area contributed by atoms with E-state index in [9.17, 15) is 4.79 Å². The summed E-state index contributed by atoms with van der Waals surface area (Å²) in [6.07, 6.45) is 3.35. The molecule has 15 heavy (non-hydrogen) atoms. The highest BCUT2D eigenvalue weighted by atomic mass is 16.5. The van der Waals surface area contributed by atoms with E-state index in [2.05, 4.69) is 4.74 Å². The van der Waals surface area contributed by atoms with Crippen molar-refractivity contribution in [3.8, 4) is 6.07 Å². The average molecular weight is 201 g/mol. The van der Waals surface area contributed by atoms with Crippen molar-refractivity contribution in [1.82, 2.24) is 0 Å². The number of esters is 1. The predicted molar refractivity (Wildman–Crippen MR) is 56.8 cm³/mol. The predicted octanol–water partition coefficient (Wildman–Crippen LogP) is 1.94. The fourth-order valence-electron chi connectivity index (χ4n) is 1.18. The highest BCUT2D eigenvalue weighted by Gasteiger charge is 2.02. The van der Waals surface area contributed by atoms with Crippen molar-refractivity contribution in [2.24, 2.45) is 0 Å². The van der Waals surface area contributed by atoms with Crippen molar-refractivity contribution in [2.75, 3.05) is 7.11 Å². The molecule has 76 valence electrons. The van der Waals surface area contributed by atoms with Crippen LogP contribution < -0.4 is 0 Å². The Balaban J connectivity index is 2.79. The number of nitriles is 1. The Hall–Kier alpha value is -2.08. The molecule has 1 rings (SSSR count). The summed E-state index contributed by atoms with van der Waals surface area (Å²) < 4.78 is 4.57. The second-order valence-corrected chi connectivity index (χ2v) is 2.96. The first-order chi connectivity index (χ1) is 7.26. The van der Waals surface area contributed by atoms with E-state index in [1.807, 2.05) is 30.3 Å². The lowest BCUT2D eigenvalue weighted by atomic mass is 10.1. The largest absolute Gasteiger partial charge is 0.469 e. The Labute approximate surface area is 88.6 Å². The summed E-state index contributed by atoms with van der Waals surface area (Å²) in [5, 5.41) is 8.37. The van der Waals surface area contributed by atoms with Crippen molar-refractivity contribution in [3.05, 3.63) is 41.5 Å². The van der Waals surface area contributed by atoms with E-state index in [0.717, 1.165) is 11.1 Å². The van der Waals surface area contributed by atoms with Crippen LogP contribution in [-0.4, -0.2) is 13.1 Å². The van der Waals surface area contributed by atoms with Crippen molar-refractivity contribution in [2.45, 2.75) is 6.42 Å². The SMILES string of the molecule is COC(=O)Cc1cccc(C=CC#N)c1. The van der Waals surface area contributed by atoms with Gasteiger partial charge in [0.15, 0.2) is 0 Å². The Morgan fingerprint density at radius 2 is 2.40 bits per heavy atom. The van der Waals surface area contributed by atoms with Crippen molar-refractivity contribution >= 4 is 12.0 Å². The van der Waals surface area contributed by atoms with E-state index in [-0.39, 0.29) is 12.4 Å². The summed E-state index contributed by atoms with van der Waals surface area (Å²) >= 11 is 0. The Morgan fingerprint density at radius 1 is 1.60 bits per heavy atom. The number of allylic oxidation sites excluding steroid dienone is 1. The first-order valence-electron chi connectivity index (χ1n) is 4.48. The lowest BCUT2D eigenvalue weighted by molar-refractivity contribution is -0.139. The minimum absolute atomic E-state index is 0.255. The van der Waals surface area contributed by atoms with Gasteiger partial charge in [-0.15, -0.1) is 0 Å². The van der Waals surface area contributed by atoms with Crippen LogP contribution in [0.15, 0.2) is 30.3 Å². The van der Waals surface area contributed by atoms with Gasteiger partial charge in [-0.05, 0) is 17.2 Å². The lowest BCUT2D eigenvalue weighted by Crippen LogP contribution is -2.04. The third kappa shape index (κ3) is 3.65. The summed E-state index contributed by atoms with van der Waals surface area (Å²) in [4.78, 5) is 11.0. The zero-order valence-corrected chi connectivity index (χ0v) is 8.43. The topological polar surface area (TPSA) is 50.1 Å². The summed E-state index contributed by atoms with van der Waals surface area (Å²) in [5.41, 5.74) is 1.78. The van der Waals surface area contributed by atoms with Crippen LogP contribution in [0.4, 0.5) is 0 Å². The van der Waals surface area contributed by atoms with E-state index in [1.54, 1.807) is 6.08 Å². The van der Waals surface area contributed by atoms with Crippen LogP contribution in [0.2, 0.25) is 0 Å². The molecule has 3 nitrogen and oxygen atoms in total. The number of rotatable bonds is 3. The standard InChI is InChI=1S/C12H11NO2/c1-15-12(14)9-11-5-2-4-10(8-11)6-3-7-13/h2-6,8H,9H2,1H3. The molecular weight excluding hydrogens is 190 g/mol. The normalized spacial score (nSPS) is 9.87. The molecule has 0 saturated carbocycles. The van der Waals surface area contributed by atoms with Gasteiger partial charge < -0.3 is 4.74 Å². The average Bonchev–Trinajstić information content (AvgIpc) is 2.26. The summed E-state index contributed by atoms with van der Waals surface area (Å²) in [7, 11) is 1.36. The maximum Gasteiger partial charge on any atom is 0.309 e. The van der Waals surface area contributed by atoms with Gasteiger partial charge in [-0.1, -0.05) is 24.3 Å². The Bertz CT molecular complexity index is 416. The third-order valence-electron chi connectivity index (χ3n) is 1.88. The first-order valence-corrected chi connectivity index (χ1v) is 4.48. The van der Waals surface area contributed by atoms with Crippen LogP contribution in [0.25, 0.3) is 6.08 Å². The number of carbonyl (C=O) groups is 1. The van der Waals surface area contributed by atoms with Gasteiger partial charge >= 0.3 is 5.97 Å². The molecule has 1 aromatic carbocycles. The lowest BCUT2D eigenvalue weighted by Gasteiger charge is -2.00. The van der Waals surface area contributed by atoms with E-state index >= 15 is 0 Å². The van der Waals surface area contributed by atoms with Crippen LogP contribution in [0.1, 0.15) is 11.1 Å². The molecular formula is C12H11NO2. The molecule has 1 aromatic rings. The number of ether oxygens (including phenoxy) is 1. The molecule has 0 spiro atoms. The maximum atomic E-state index is 11.0. The van der Waals surface area contributed by atoms with Gasteiger partial charge in [-0.2, -0.15) is 5.26 Å². The third-order valence-corrected chi connectivity index (χ3v) is 1.88. The highest BCUT2D eigenvalue weighted by Crippen LogP contribution is 2.08. The number of methoxy groups -OCH3 is 1. The molecule has 0 fully saturated rings. The Morgan fingerprint density at radius 3 is 3.07 bits per heavy atom. The molecule has 0 bridgehead atoms. The van der Waals surface area contributed by atoms with Gasteiger partial charge in [0, 0.05) is 6.08 Å². The molecule has 0 heterocycles. The number of carbonyl (C=O) groups excluding carboxylic acids is 1. The van der Waals surface area contributed by atoms with E-state index in [4.69, 9.17) is 5.26 Å². The van der Waals surface area contributed by atoms with Crippen LogP contribution in [0.3, 0.4) is 0 Å². The second kappa shape index (κ2) is 5.61. The zero-order chi connectivity index (χ0) is 11.1. The number of benzene rings is 1. The van der Waals surface area contributed by atoms with Gasteiger partial charge in [0.1, 0.15) is 0 Å². The fourth-order valence-corrected chi connectivity index (χ4v) is 1.18. The van der Waals surface area contributed by atoms with Crippen molar-refractivity contribution < 1.29 is 9.53 Å². The molecule has 0 radical (unpaired) electrons. The minimum Gasteiger partial charge on any atom is -0.469 e. The number of hydrogen-bond acceptors (Lipinski definition) is 3. The van der Waals surface area contributed by atoms with Gasteiger partial charge in [0.25, 0.3) is 0 Å². The fraction of sp³-hybridized carbons (Fsp3) is 0.167. The van der Waals surface area contributed by atoms with Crippen LogP contribution in [-0.2, 0) is 16.0 Å². The van der Waals surface area contributed by atoms with Crippen LogP contribution >= 0.6 is 0 Å². The van der Waals surface area contributed by atoms with Gasteiger partial charge in [0.05, 0.1) is 19.6 Å². The smallest absolute Gasteiger partial charge is 0.309 e. The summed E-state index contributed by atoms with van der Waals surface area (Å²) in [5.74, 6) is -0.267. The first kappa shape index (κ1) is 11.0. The van der Waals surface area contributed by atoms with Crippen LogP contribution in [0, 0.1) is 11.3 Å². The van der Waals surface area contributed by atoms with E-state index in [1.165, 1.54) is 13.2 Å². The summed E-state index contributed by atoms with van der Waals surface area (Å²) in [6, 6.07) is 9.33. The summed E-state index contributed by atoms with van der Waals surface area (Å²) in [6.45, 7) is 0. The molecule has 0 N–H and O–H groups in total. The molecule has 3 heteroatoms. The zero-order valence-electron chi connectivity index (χ0n) is 8.43. The van der Waals surface area contributed by atoms with Crippen molar-refractivity contribution in [1.29, 1.82) is 5.26 Å². The molecule has 0 saturated heterocycles. The molecule has 0 aromatic heterocycles. The Kier molecular flexibility index (Phi) is 4.11. The van der Waals surface area contributed by atoms with Crippen LogP contribution in [0.5, 0.6) is 0 Å². The quantitative estimate of drug-likeness (QED) is 0.554. The molecule has 0 atom stereocenters. The molecule has 0 aliphatic rings. The maximum absolute atomic E-state index is 11.0. The highest BCUT2D eigenvalue weighted by molar-refractivity contribution is 5.72. The van der Waals surface area contributed by atoms with Gasteiger partial charge in [0.2, 0.25) is 0 Å². The number of hydrogen-bond donors (Lipinski definition) is 0. The molecule has 0 aliphatic heterocycles. The molecule has 0 unspecified atom stereocenters.